The highest BCUT2D eigenvalue weighted by Gasteiger charge is 2.40. The number of likely N-dealkylation sites (N-methyl/N-ethyl adjacent to an activating group) is 1. The lowest BCUT2D eigenvalue weighted by Crippen LogP contribution is -2.59. The average molecular weight is 252 g/mol. The van der Waals surface area contributed by atoms with Crippen LogP contribution in [-0.4, -0.2) is 36.6 Å². The van der Waals surface area contributed by atoms with Gasteiger partial charge in [0.15, 0.2) is 0 Å². The number of likely N-dealkylation sites (tertiary alicyclic amines) is 1. The molecule has 106 valence electrons. The average Bonchev–Trinajstić information content (AvgIpc) is 2.86. The first-order valence-corrected chi connectivity index (χ1v) is 7.98. The number of hydrogen-bond donors (Lipinski definition) is 1. The number of nitrogens with zero attached hydrogens (tertiary/aromatic N) is 1. The summed E-state index contributed by atoms with van der Waals surface area (Å²) < 4.78 is 0. The lowest BCUT2D eigenvalue weighted by Gasteiger charge is -2.47. The molecular formula is C16H32N2. The highest BCUT2D eigenvalue weighted by atomic mass is 15.2. The highest BCUT2D eigenvalue weighted by Crippen LogP contribution is 2.36. The van der Waals surface area contributed by atoms with Gasteiger partial charge in [-0.3, -0.25) is 4.90 Å². The van der Waals surface area contributed by atoms with Gasteiger partial charge in [-0.25, -0.2) is 0 Å². The van der Waals surface area contributed by atoms with Crippen LogP contribution in [0.5, 0.6) is 0 Å². The molecule has 1 atom stereocenters. The Morgan fingerprint density at radius 1 is 1.06 bits per heavy atom. The molecule has 0 aromatic rings. The molecule has 0 aromatic heterocycles. The number of hydrogen-bond acceptors (Lipinski definition) is 2. The van der Waals surface area contributed by atoms with E-state index in [4.69, 9.17) is 0 Å². The maximum Gasteiger partial charge on any atom is 0.0308 e. The van der Waals surface area contributed by atoms with Crippen molar-refractivity contribution in [2.45, 2.75) is 70.9 Å². The highest BCUT2D eigenvalue weighted by molar-refractivity contribution is 4.98. The van der Waals surface area contributed by atoms with Crippen LogP contribution in [0.15, 0.2) is 0 Å². The summed E-state index contributed by atoms with van der Waals surface area (Å²) in [5.41, 5.74) is 0.316. The minimum Gasteiger partial charge on any atom is -0.315 e. The third kappa shape index (κ3) is 2.91. The van der Waals surface area contributed by atoms with Gasteiger partial charge in [-0.2, -0.15) is 0 Å². The lowest BCUT2D eigenvalue weighted by atomic mass is 9.73. The van der Waals surface area contributed by atoms with E-state index in [2.05, 4.69) is 38.0 Å². The molecule has 0 radical (unpaired) electrons. The number of rotatable bonds is 4. The van der Waals surface area contributed by atoms with Gasteiger partial charge in [0, 0.05) is 11.6 Å². The van der Waals surface area contributed by atoms with E-state index in [0.717, 1.165) is 11.8 Å². The SMILES string of the molecule is CNC(C1CCC(C)CC1)C(C)(C)N1CCCC1. The van der Waals surface area contributed by atoms with Crippen molar-refractivity contribution < 1.29 is 0 Å². The summed E-state index contributed by atoms with van der Waals surface area (Å²) in [5.74, 6) is 1.83. The van der Waals surface area contributed by atoms with Crippen molar-refractivity contribution in [1.29, 1.82) is 0 Å². The Balaban J connectivity index is 2.02. The summed E-state index contributed by atoms with van der Waals surface area (Å²) in [6.45, 7) is 9.92. The van der Waals surface area contributed by atoms with Crippen molar-refractivity contribution in [3.05, 3.63) is 0 Å². The van der Waals surface area contributed by atoms with Crippen molar-refractivity contribution >= 4 is 0 Å². The number of nitrogens with one attached hydrogen (secondary N) is 1. The zero-order chi connectivity index (χ0) is 13.2. The quantitative estimate of drug-likeness (QED) is 0.826. The van der Waals surface area contributed by atoms with Crippen LogP contribution in [0.25, 0.3) is 0 Å². The monoisotopic (exact) mass is 252 g/mol. The van der Waals surface area contributed by atoms with Crippen molar-refractivity contribution in [3.8, 4) is 0 Å². The zero-order valence-electron chi connectivity index (χ0n) is 12.8. The van der Waals surface area contributed by atoms with Gasteiger partial charge in [0.25, 0.3) is 0 Å². The standard InChI is InChI=1S/C16H32N2/c1-13-7-9-14(10-8-13)15(17-4)16(2,3)18-11-5-6-12-18/h13-15,17H,5-12H2,1-4H3. The predicted octanol–water partition coefficient (Wildman–Crippen LogP) is 3.28. The Kier molecular flexibility index (Phi) is 4.71. The maximum atomic E-state index is 3.66. The molecule has 2 heteroatoms. The van der Waals surface area contributed by atoms with Crippen LogP contribution in [0.4, 0.5) is 0 Å². The molecule has 0 aromatic carbocycles. The van der Waals surface area contributed by atoms with E-state index in [0.29, 0.717) is 11.6 Å². The van der Waals surface area contributed by atoms with Gasteiger partial charge < -0.3 is 5.32 Å². The molecule has 1 aliphatic heterocycles. The largest absolute Gasteiger partial charge is 0.315 e. The van der Waals surface area contributed by atoms with Crippen LogP contribution in [-0.2, 0) is 0 Å². The van der Waals surface area contributed by atoms with E-state index in [1.54, 1.807) is 0 Å². The lowest BCUT2D eigenvalue weighted by molar-refractivity contribution is 0.0646. The molecular weight excluding hydrogens is 220 g/mol. The summed E-state index contributed by atoms with van der Waals surface area (Å²) in [6, 6.07) is 0.656. The smallest absolute Gasteiger partial charge is 0.0308 e. The first-order valence-electron chi connectivity index (χ1n) is 7.98. The summed E-state index contributed by atoms with van der Waals surface area (Å²) in [6.07, 6.45) is 8.48. The fourth-order valence-electron chi connectivity index (χ4n) is 4.28. The van der Waals surface area contributed by atoms with E-state index in [1.807, 2.05) is 0 Å². The van der Waals surface area contributed by atoms with Crippen molar-refractivity contribution in [1.82, 2.24) is 10.2 Å². The van der Waals surface area contributed by atoms with Gasteiger partial charge in [0.05, 0.1) is 0 Å². The van der Waals surface area contributed by atoms with Gasteiger partial charge in [-0.1, -0.05) is 19.8 Å². The van der Waals surface area contributed by atoms with Gasteiger partial charge in [-0.05, 0) is 71.5 Å². The summed E-state index contributed by atoms with van der Waals surface area (Å²) in [7, 11) is 2.17. The molecule has 1 heterocycles. The van der Waals surface area contributed by atoms with Crippen LogP contribution >= 0.6 is 0 Å². The fourth-order valence-corrected chi connectivity index (χ4v) is 4.28. The molecule has 1 N–H and O–H groups in total. The second-order valence-electron chi connectivity index (χ2n) is 7.13. The molecule has 1 unspecified atom stereocenters. The van der Waals surface area contributed by atoms with Gasteiger partial charge in [0.2, 0.25) is 0 Å². The molecule has 2 aliphatic rings. The Hall–Kier alpha value is -0.0800. The first-order chi connectivity index (χ1) is 8.55. The predicted molar refractivity (Wildman–Crippen MR) is 78.9 cm³/mol. The molecule has 1 aliphatic carbocycles. The molecule has 2 nitrogen and oxygen atoms in total. The second kappa shape index (κ2) is 5.92. The van der Waals surface area contributed by atoms with Crippen LogP contribution in [0.1, 0.15) is 59.3 Å². The fraction of sp³-hybridized carbons (Fsp3) is 1.00. The topological polar surface area (TPSA) is 15.3 Å². The van der Waals surface area contributed by atoms with Gasteiger partial charge in [-0.15, -0.1) is 0 Å². The Labute approximate surface area is 114 Å². The minimum atomic E-state index is 0.316. The molecule has 18 heavy (non-hydrogen) atoms. The van der Waals surface area contributed by atoms with E-state index >= 15 is 0 Å². The molecule has 0 bridgehead atoms. The van der Waals surface area contributed by atoms with E-state index < -0.39 is 0 Å². The van der Waals surface area contributed by atoms with Crippen molar-refractivity contribution in [2.24, 2.45) is 11.8 Å². The summed E-state index contributed by atoms with van der Waals surface area (Å²) in [4.78, 5) is 2.71. The van der Waals surface area contributed by atoms with Crippen LogP contribution in [0, 0.1) is 11.8 Å². The molecule has 2 fully saturated rings. The normalized spacial score (nSPS) is 32.7. The Morgan fingerprint density at radius 2 is 1.61 bits per heavy atom. The van der Waals surface area contributed by atoms with E-state index in [9.17, 15) is 0 Å². The molecule has 2 rings (SSSR count). The van der Waals surface area contributed by atoms with Crippen molar-refractivity contribution in [2.75, 3.05) is 20.1 Å². The summed E-state index contributed by atoms with van der Waals surface area (Å²) >= 11 is 0. The maximum absolute atomic E-state index is 3.66. The van der Waals surface area contributed by atoms with Crippen LogP contribution in [0.2, 0.25) is 0 Å². The second-order valence-corrected chi connectivity index (χ2v) is 7.13. The van der Waals surface area contributed by atoms with Crippen LogP contribution < -0.4 is 5.32 Å². The summed E-state index contributed by atoms with van der Waals surface area (Å²) in [5, 5.41) is 3.66. The minimum absolute atomic E-state index is 0.316. The zero-order valence-corrected chi connectivity index (χ0v) is 12.8. The van der Waals surface area contributed by atoms with E-state index in [1.165, 1.54) is 51.6 Å². The van der Waals surface area contributed by atoms with Gasteiger partial charge >= 0.3 is 0 Å². The third-order valence-electron chi connectivity index (χ3n) is 5.53. The van der Waals surface area contributed by atoms with E-state index in [-0.39, 0.29) is 0 Å². The van der Waals surface area contributed by atoms with Gasteiger partial charge in [0.1, 0.15) is 0 Å². The Bertz CT molecular complexity index is 248. The third-order valence-corrected chi connectivity index (χ3v) is 5.53. The first kappa shape index (κ1) is 14.3. The Morgan fingerprint density at radius 3 is 2.11 bits per heavy atom. The van der Waals surface area contributed by atoms with Crippen molar-refractivity contribution in [3.63, 3.8) is 0 Å². The molecule has 0 spiro atoms. The van der Waals surface area contributed by atoms with Crippen LogP contribution in [0.3, 0.4) is 0 Å². The molecule has 0 amide bonds. The molecule has 1 saturated carbocycles. The molecule has 1 saturated heterocycles.